The fourth-order valence-corrected chi connectivity index (χ4v) is 2.61. The Kier molecular flexibility index (Phi) is 2.83. The van der Waals surface area contributed by atoms with Crippen molar-refractivity contribution in [2.24, 2.45) is 5.92 Å². The van der Waals surface area contributed by atoms with Crippen molar-refractivity contribution in [3.63, 3.8) is 0 Å². The van der Waals surface area contributed by atoms with E-state index in [1.165, 1.54) is 19.5 Å². The van der Waals surface area contributed by atoms with Crippen LogP contribution in [0.15, 0.2) is 18.3 Å². The zero-order chi connectivity index (χ0) is 12.5. The van der Waals surface area contributed by atoms with Crippen molar-refractivity contribution in [2.45, 2.75) is 6.42 Å². The molecule has 2 aromatic rings. The number of H-pyrrole nitrogens is 1. The SMILES string of the molecule is CN1CCC(CNc2cc3[nH]ncc3cc2N)C1. The highest BCUT2D eigenvalue weighted by molar-refractivity contribution is 5.88. The van der Waals surface area contributed by atoms with Gasteiger partial charge in [-0.2, -0.15) is 5.10 Å². The first-order valence-corrected chi connectivity index (χ1v) is 6.37. The molecule has 1 fully saturated rings. The van der Waals surface area contributed by atoms with E-state index in [0.29, 0.717) is 5.92 Å². The van der Waals surface area contributed by atoms with Crippen LogP contribution >= 0.6 is 0 Å². The summed E-state index contributed by atoms with van der Waals surface area (Å²) in [7, 11) is 2.17. The Morgan fingerprint density at radius 2 is 2.44 bits per heavy atom. The van der Waals surface area contributed by atoms with Gasteiger partial charge in [0.25, 0.3) is 0 Å². The average Bonchev–Trinajstić information content (AvgIpc) is 2.94. The minimum absolute atomic E-state index is 0.715. The minimum Gasteiger partial charge on any atom is -0.397 e. The van der Waals surface area contributed by atoms with Gasteiger partial charge in [0.1, 0.15) is 0 Å². The lowest BCUT2D eigenvalue weighted by molar-refractivity contribution is 0.399. The van der Waals surface area contributed by atoms with Crippen molar-refractivity contribution in [3.05, 3.63) is 18.3 Å². The van der Waals surface area contributed by atoms with Gasteiger partial charge in [-0.3, -0.25) is 5.10 Å². The smallest absolute Gasteiger partial charge is 0.0672 e. The maximum Gasteiger partial charge on any atom is 0.0672 e. The number of fused-ring (bicyclic) bond motifs is 1. The summed E-state index contributed by atoms with van der Waals surface area (Å²) in [5, 5.41) is 11.5. The molecule has 96 valence electrons. The van der Waals surface area contributed by atoms with Crippen LogP contribution in [0.3, 0.4) is 0 Å². The number of nitrogens with two attached hydrogens (primary N) is 1. The minimum atomic E-state index is 0.715. The topological polar surface area (TPSA) is 70.0 Å². The zero-order valence-corrected chi connectivity index (χ0v) is 10.6. The van der Waals surface area contributed by atoms with Crippen LogP contribution in [0.5, 0.6) is 0 Å². The lowest BCUT2D eigenvalue weighted by Gasteiger charge is -2.14. The Hall–Kier alpha value is -1.75. The summed E-state index contributed by atoms with van der Waals surface area (Å²) in [6.07, 6.45) is 3.05. The number of anilines is 2. The number of aromatic nitrogens is 2. The number of nitrogens with one attached hydrogen (secondary N) is 2. The molecule has 0 bridgehead atoms. The first-order chi connectivity index (χ1) is 8.72. The summed E-state index contributed by atoms with van der Waals surface area (Å²) in [6.45, 7) is 3.34. The summed E-state index contributed by atoms with van der Waals surface area (Å²) in [4.78, 5) is 2.37. The van der Waals surface area contributed by atoms with E-state index < -0.39 is 0 Å². The molecular weight excluding hydrogens is 226 g/mol. The molecule has 1 unspecified atom stereocenters. The third kappa shape index (κ3) is 2.13. The summed E-state index contributed by atoms with van der Waals surface area (Å²) in [5.74, 6) is 0.715. The molecule has 2 heterocycles. The van der Waals surface area contributed by atoms with Crippen molar-refractivity contribution in [2.75, 3.05) is 37.7 Å². The first kappa shape index (κ1) is 11.3. The van der Waals surface area contributed by atoms with Crippen molar-refractivity contribution in [3.8, 4) is 0 Å². The van der Waals surface area contributed by atoms with Gasteiger partial charge < -0.3 is 16.0 Å². The molecule has 1 aliphatic heterocycles. The summed E-state index contributed by atoms with van der Waals surface area (Å²) in [6, 6.07) is 4.00. The molecule has 0 saturated carbocycles. The monoisotopic (exact) mass is 245 g/mol. The third-order valence-electron chi connectivity index (χ3n) is 3.68. The van der Waals surface area contributed by atoms with Crippen LogP contribution in [0.4, 0.5) is 11.4 Å². The van der Waals surface area contributed by atoms with Crippen molar-refractivity contribution in [1.29, 1.82) is 0 Å². The standard InChI is InChI=1S/C13H19N5/c1-18-3-2-9(8-18)6-15-13-5-12-10(4-11(13)14)7-16-17-12/h4-5,7,9,15H,2-3,6,8,14H2,1H3,(H,16,17). The van der Waals surface area contributed by atoms with Crippen LogP contribution in [-0.4, -0.2) is 41.8 Å². The number of hydrogen-bond donors (Lipinski definition) is 3. The van der Waals surface area contributed by atoms with Crippen molar-refractivity contribution >= 4 is 22.3 Å². The molecular formula is C13H19N5. The fraction of sp³-hybridized carbons (Fsp3) is 0.462. The Morgan fingerprint density at radius 3 is 3.22 bits per heavy atom. The van der Waals surface area contributed by atoms with Gasteiger partial charge in [-0.05, 0) is 38.1 Å². The molecule has 1 aromatic heterocycles. The summed E-state index contributed by atoms with van der Waals surface area (Å²) < 4.78 is 0. The van der Waals surface area contributed by atoms with Crippen LogP contribution < -0.4 is 11.1 Å². The second kappa shape index (κ2) is 4.49. The number of nitrogen functional groups attached to an aromatic ring is 1. The normalized spacial score (nSPS) is 20.6. The van der Waals surface area contributed by atoms with Gasteiger partial charge in [0.05, 0.1) is 23.1 Å². The van der Waals surface area contributed by atoms with E-state index in [-0.39, 0.29) is 0 Å². The Morgan fingerprint density at radius 1 is 1.56 bits per heavy atom. The molecule has 1 aromatic carbocycles. The molecule has 5 nitrogen and oxygen atoms in total. The highest BCUT2D eigenvalue weighted by Gasteiger charge is 2.19. The number of nitrogens with zero attached hydrogens (tertiary/aromatic N) is 2. The molecule has 0 amide bonds. The van der Waals surface area contributed by atoms with Gasteiger partial charge in [0, 0.05) is 18.5 Å². The summed E-state index contributed by atoms with van der Waals surface area (Å²) in [5.41, 5.74) is 8.86. The molecule has 1 atom stereocenters. The van der Waals surface area contributed by atoms with E-state index in [1.54, 1.807) is 6.20 Å². The quantitative estimate of drug-likeness (QED) is 0.717. The Balaban J connectivity index is 1.71. The molecule has 5 heteroatoms. The Bertz CT molecular complexity index is 547. The van der Waals surface area contributed by atoms with Crippen molar-refractivity contribution < 1.29 is 0 Å². The second-order valence-corrected chi connectivity index (χ2v) is 5.19. The zero-order valence-electron chi connectivity index (χ0n) is 10.6. The van der Waals surface area contributed by atoms with E-state index in [2.05, 4.69) is 27.5 Å². The first-order valence-electron chi connectivity index (χ1n) is 6.37. The van der Waals surface area contributed by atoms with Crippen LogP contribution in [0.2, 0.25) is 0 Å². The van der Waals surface area contributed by atoms with Gasteiger partial charge >= 0.3 is 0 Å². The number of aromatic amines is 1. The van der Waals surface area contributed by atoms with E-state index in [4.69, 9.17) is 5.73 Å². The highest BCUT2D eigenvalue weighted by Crippen LogP contribution is 2.25. The number of benzene rings is 1. The largest absolute Gasteiger partial charge is 0.397 e. The van der Waals surface area contributed by atoms with Gasteiger partial charge in [0.2, 0.25) is 0 Å². The van der Waals surface area contributed by atoms with Gasteiger partial charge in [-0.15, -0.1) is 0 Å². The van der Waals surface area contributed by atoms with Gasteiger partial charge in [0.15, 0.2) is 0 Å². The van der Waals surface area contributed by atoms with Crippen molar-refractivity contribution in [1.82, 2.24) is 15.1 Å². The van der Waals surface area contributed by atoms with Crippen LogP contribution in [-0.2, 0) is 0 Å². The van der Waals surface area contributed by atoms with Crippen LogP contribution in [0.1, 0.15) is 6.42 Å². The molecule has 1 saturated heterocycles. The van der Waals surface area contributed by atoms with E-state index in [1.807, 2.05) is 12.1 Å². The fourth-order valence-electron chi connectivity index (χ4n) is 2.61. The van der Waals surface area contributed by atoms with Crippen LogP contribution in [0, 0.1) is 5.92 Å². The lowest BCUT2D eigenvalue weighted by atomic mass is 10.1. The maximum atomic E-state index is 6.04. The van der Waals surface area contributed by atoms with Gasteiger partial charge in [-0.25, -0.2) is 0 Å². The number of rotatable bonds is 3. The molecule has 0 spiro atoms. The predicted molar refractivity (Wildman–Crippen MR) is 74.6 cm³/mol. The molecule has 0 aliphatic carbocycles. The number of likely N-dealkylation sites (tertiary alicyclic amines) is 1. The maximum absolute atomic E-state index is 6.04. The van der Waals surface area contributed by atoms with E-state index in [9.17, 15) is 0 Å². The number of hydrogen-bond acceptors (Lipinski definition) is 4. The summed E-state index contributed by atoms with van der Waals surface area (Å²) >= 11 is 0. The lowest BCUT2D eigenvalue weighted by Crippen LogP contribution is -2.19. The Labute approximate surface area is 106 Å². The average molecular weight is 245 g/mol. The van der Waals surface area contributed by atoms with Crippen LogP contribution in [0.25, 0.3) is 10.9 Å². The molecule has 3 rings (SSSR count). The molecule has 0 radical (unpaired) electrons. The predicted octanol–water partition coefficient (Wildman–Crippen LogP) is 1.51. The second-order valence-electron chi connectivity index (χ2n) is 5.19. The van der Waals surface area contributed by atoms with E-state index >= 15 is 0 Å². The van der Waals surface area contributed by atoms with E-state index in [0.717, 1.165) is 28.8 Å². The molecule has 18 heavy (non-hydrogen) atoms. The molecule has 4 N–H and O–H groups in total. The third-order valence-corrected chi connectivity index (χ3v) is 3.68. The molecule has 1 aliphatic rings. The highest BCUT2D eigenvalue weighted by atomic mass is 15.1. The van der Waals surface area contributed by atoms with Gasteiger partial charge in [-0.1, -0.05) is 0 Å².